The second kappa shape index (κ2) is 5.52. The van der Waals surface area contributed by atoms with Gasteiger partial charge >= 0.3 is 0 Å². The highest BCUT2D eigenvalue weighted by atomic mass is 16.5. The molecule has 3 nitrogen and oxygen atoms in total. The third-order valence-corrected chi connectivity index (χ3v) is 2.94. The minimum absolute atomic E-state index is 0.581. The fourth-order valence-corrected chi connectivity index (χ4v) is 1.77. The number of hydrogen-bond donors (Lipinski definition) is 2. The lowest BCUT2D eigenvalue weighted by atomic mass is 10.0. The van der Waals surface area contributed by atoms with Crippen molar-refractivity contribution in [3.05, 3.63) is 28.8 Å². The van der Waals surface area contributed by atoms with Crippen LogP contribution in [0.2, 0.25) is 0 Å². The van der Waals surface area contributed by atoms with E-state index < -0.39 is 5.60 Å². The number of benzene rings is 1. The Morgan fingerprint density at radius 2 is 1.88 bits per heavy atom. The van der Waals surface area contributed by atoms with Crippen LogP contribution in [0.25, 0.3) is 0 Å². The van der Waals surface area contributed by atoms with Gasteiger partial charge in [-0.15, -0.1) is 0 Å². The molecule has 0 aliphatic heterocycles. The van der Waals surface area contributed by atoms with Crippen LogP contribution in [0.5, 0.6) is 5.75 Å². The number of aliphatic hydroxyl groups is 1. The Balaban J connectivity index is 2.70. The zero-order valence-electron chi connectivity index (χ0n) is 11.4. The predicted molar refractivity (Wildman–Crippen MR) is 70.5 cm³/mol. The summed E-state index contributed by atoms with van der Waals surface area (Å²) in [6.45, 7) is 9.10. The van der Waals surface area contributed by atoms with E-state index in [9.17, 15) is 5.11 Å². The van der Waals surface area contributed by atoms with E-state index in [1.807, 2.05) is 6.07 Å². The largest absolute Gasteiger partial charge is 0.496 e. The lowest BCUT2D eigenvalue weighted by Gasteiger charge is -2.19. The van der Waals surface area contributed by atoms with Gasteiger partial charge in [0.1, 0.15) is 5.75 Å². The molecule has 0 aliphatic carbocycles. The van der Waals surface area contributed by atoms with Crippen molar-refractivity contribution in [2.45, 2.75) is 39.8 Å². The van der Waals surface area contributed by atoms with E-state index in [2.05, 4.69) is 25.2 Å². The number of rotatable bonds is 5. The first kappa shape index (κ1) is 14.0. The summed E-state index contributed by atoms with van der Waals surface area (Å²) in [6.07, 6.45) is 0. The zero-order chi connectivity index (χ0) is 13.1. The molecule has 1 aromatic rings. The van der Waals surface area contributed by atoms with Crippen molar-refractivity contribution in [2.24, 2.45) is 0 Å². The average Bonchev–Trinajstić information content (AvgIpc) is 2.23. The Bertz CT molecular complexity index is 381. The standard InChI is InChI=1S/C14H23NO2/c1-10-11(2)13(17-5)7-6-12(10)8-15-9-14(3,4)16/h6-7,15-16H,8-9H2,1-5H3. The van der Waals surface area contributed by atoms with Crippen molar-refractivity contribution in [1.82, 2.24) is 5.32 Å². The van der Waals surface area contributed by atoms with Gasteiger partial charge in [-0.1, -0.05) is 6.07 Å². The van der Waals surface area contributed by atoms with Gasteiger partial charge in [-0.05, 0) is 50.5 Å². The molecule has 0 fully saturated rings. The maximum atomic E-state index is 9.62. The molecule has 0 spiro atoms. The normalized spacial score (nSPS) is 11.6. The van der Waals surface area contributed by atoms with E-state index in [0.29, 0.717) is 6.54 Å². The van der Waals surface area contributed by atoms with Crippen molar-refractivity contribution in [3.63, 3.8) is 0 Å². The SMILES string of the molecule is COc1ccc(CNCC(C)(C)O)c(C)c1C. The Labute approximate surface area is 104 Å². The lowest BCUT2D eigenvalue weighted by molar-refractivity contribution is 0.0795. The van der Waals surface area contributed by atoms with Gasteiger partial charge in [0.2, 0.25) is 0 Å². The number of hydrogen-bond acceptors (Lipinski definition) is 3. The predicted octanol–water partition coefficient (Wildman–Crippen LogP) is 2.17. The van der Waals surface area contributed by atoms with Crippen LogP contribution in [0.15, 0.2) is 12.1 Å². The van der Waals surface area contributed by atoms with Crippen LogP contribution in [0.4, 0.5) is 0 Å². The number of methoxy groups -OCH3 is 1. The topological polar surface area (TPSA) is 41.5 Å². The van der Waals surface area contributed by atoms with Crippen molar-refractivity contribution in [3.8, 4) is 5.75 Å². The summed E-state index contributed by atoms with van der Waals surface area (Å²) in [5, 5.41) is 12.9. The summed E-state index contributed by atoms with van der Waals surface area (Å²) in [5.41, 5.74) is 2.99. The molecule has 0 heterocycles. The molecule has 0 atom stereocenters. The fourth-order valence-electron chi connectivity index (χ4n) is 1.77. The molecule has 0 amide bonds. The first-order chi connectivity index (χ1) is 7.85. The van der Waals surface area contributed by atoms with Crippen LogP contribution in [0.1, 0.15) is 30.5 Å². The second-order valence-corrected chi connectivity index (χ2v) is 5.09. The quantitative estimate of drug-likeness (QED) is 0.824. The van der Waals surface area contributed by atoms with E-state index >= 15 is 0 Å². The van der Waals surface area contributed by atoms with Crippen molar-refractivity contribution in [1.29, 1.82) is 0 Å². The summed E-state index contributed by atoms with van der Waals surface area (Å²) < 4.78 is 5.28. The van der Waals surface area contributed by atoms with Gasteiger partial charge in [0.05, 0.1) is 12.7 Å². The first-order valence-corrected chi connectivity index (χ1v) is 5.91. The number of nitrogens with one attached hydrogen (secondary N) is 1. The van der Waals surface area contributed by atoms with E-state index in [0.717, 1.165) is 12.3 Å². The molecule has 0 aliphatic rings. The summed E-state index contributed by atoms with van der Waals surface area (Å²) in [5.74, 6) is 0.925. The number of ether oxygens (including phenoxy) is 1. The molecule has 0 radical (unpaired) electrons. The van der Waals surface area contributed by atoms with Gasteiger partial charge in [0, 0.05) is 13.1 Å². The molecule has 1 rings (SSSR count). The van der Waals surface area contributed by atoms with Crippen LogP contribution < -0.4 is 10.1 Å². The Morgan fingerprint density at radius 3 is 2.41 bits per heavy atom. The van der Waals surface area contributed by atoms with Crippen LogP contribution in [-0.2, 0) is 6.54 Å². The third kappa shape index (κ3) is 4.02. The molecule has 0 saturated heterocycles. The highest BCUT2D eigenvalue weighted by Crippen LogP contribution is 2.23. The van der Waals surface area contributed by atoms with Gasteiger partial charge in [0.25, 0.3) is 0 Å². The maximum Gasteiger partial charge on any atom is 0.122 e. The van der Waals surface area contributed by atoms with Crippen LogP contribution >= 0.6 is 0 Å². The van der Waals surface area contributed by atoms with Crippen molar-refractivity contribution >= 4 is 0 Å². The third-order valence-electron chi connectivity index (χ3n) is 2.94. The highest BCUT2D eigenvalue weighted by Gasteiger charge is 2.12. The molecular formula is C14H23NO2. The molecule has 0 bridgehead atoms. The molecule has 1 aromatic carbocycles. The molecule has 0 aromatic heterocycles. The van der Waals surface area contributed by atoms with Crippen LogP contribution in [0, 0.1) is 13.8 Å². The minimum Gasteiger partial charge on any atom is -0.496 e. The molecule has 2 N–H and O–H groups in total. The van der Waals surface area contributed by atoms with Gasteiger partial charge in [-0.25, -0.2) is 0 Å². The minimum atomic E-state index is -0.671. The molecule has 96 valence electrons. The Hall–Kier alpha value is -1.06. The highest BCUT2D eigenvalue weighted by molar-refractivity contribution is 5.43. The molecule has 3 heteroatoms. The van der Waals surface area contributed by atoms with Crippen LogP contribution in [-0.4, -0.2) is 24.4 Å². The average molecular weight is 237 g/mol. The molecule has 0 saturated carbocycles. The van der Waals surface area contributed by atoms with Gasteiger partial charge in [-0.3, -0.25) is 0 Å². The fraction of sp³-hybridized carbons (Fsp3) is 0.571. The van der Waals surface area contributed by atoms with Gasteiger partial charge in [0.15, 0.2) is 0 Å². The van der Waals surface area contributed by atoms with E-state index in [-0.39, 0.29) is 0 Å². The molecular weight excluding hydrogens is 214 g/mol. The second-order valence-electron chi connectivity index (χ2n) is 5.09. The summed E-state index contributed by atoms with van der Waals surface area (Å²) in [7, 11) is 1.69. The Morgan fingerprint density at radius 1 is 1.24 bits per heavy atom. The zero-order valence-corrected chi connectivity index (χ0v) is 11.4. The first-order valence-electron chi connectivity index (χ1n) is 5.91. The van der Waals surface area contributed by atoms with E-state index in [1.165, 1.54) is 16.7 Å². The molecule has 17 heavy (non-hydrogen) atoms. The monoisotopic (exact) mass is 237 g/mol. The van der Waals surface area contributed by atoms with Crippen molar-refractivity contribution < 1.29 is 9.84 Å². The van der Waals surface area contributed by atoms with Gasteiger partial charge in [-0.2, -0.15) is 0 Å². The summed E-state index contributed by atoms with van der Waals surface area (Å²) in [6, 6.07) is 4.06. The molecule has 0 unspecified atom stereocenters. The van der Waals surface area contributed by atoms with E-state index in [4.69, 9.17) is 4.74 Å². The summed E-state index contributed by atoms with van der Waals surface area (Å²) >= 11 is 0. The Kier molecular flexibility index (Phi) is 4.54. The van der Waals surface area contributed by atoms with Crippen LogP contribution in [0.3, 0.4) is 0 Å². The van der Waals surface area contributed by atoms with E-state index in [1.54, 1.807) is 21.0 Å². The lowest BCUT2D eigenvalue weighted by Crippen LogP contribution is -2.34. The van der Waals surface area contributed by atoms with Gasteiger partial charge < -0.3 is 15.2 Å². The maximum absolute atomic E-state index is 9.62. The smallest absolute Gasteiger partial charge is 0.122 e. The van der Waals surface area contributed by atoms with Crippen molar-refractivity contribution in [2.75, 3.05) is 13.7 Å². The summed E-state index contributed by atoms with van der Waals surface area (Å²) in [4.78, 5) is 0.